The molecule has 0 saturated carbocycles. The van der Waals surface area contributed by atoms with Gasteiger partial charge in [0.25, 0.3) is 0 Å². The van der Waals surface area contributed by atoms with E-state index < -0.39 is 0 Å². The van der Waals surface area contributed by atoms with Crippen LogP contribution in [0, 0.1) is 0 Å². The fraction of sp³-hybridized carbons (Fsp3) is 0.273. The van der Waals surface area contributed by atoms with Gasteiger partial charge in [-0.1, -0.05) is 38.1 Å². The number of amides is 1. The Bertz CT molecular complexity index is 1110. The number of nitrogens with zero attached hydrogens (tertiary/aromatic N) is 3. The first-order valence-corrected chi connectivity index (χ1v) is 9.74. The standard InChI is InChI=1S/C22H25N5O/c1-3-26(4-2)12-13-27-14-17(16-8-5-6-11-20(16)27)22-24-19-10-7-9-18(23-15-28)21(19)25-22/h5-11,14-15H,3-4,12-13H2,1-2H3,(H,23,28)(H,24,25). The van der Waals surface area contributed by atoms with Crippen LogP contribution in [0.2, 0.25) is 0 Å². The average Bonchev–Trinajstić information content (AvgIpc) is 3.31. The molecule has 2 aromatic heterocycles. The second kappa shape index (κ2) is 7.86. The molecule has 6 nitrogen and oxygen atoms in total. The third-order valence-corrected chi connectivity index (χ3v) is 5.32. The van der Waals surface area contributed by atoms with Crippen molar-refractivity contribution in [3.63, 3.8) is 0 Å². The number of likely N-dealkylation sites (N-methyl/N-ethyl adjacent to an activating group) is 1. The lowest BCUT2D eigenvalue weighted by Crippen LogP contribution is -2.26. The van der Waals surface area contributed by atoms with Crippen molar-refractivity contribution in [2.75, 3.05) is 25.0 Å². The fourth-order valence-electron chi connectivity index (χ4n) is 3.75. The molecule has 0 aliphatic heterocycles. The zero-order chi connectivity index (χ0) is 19.5. The van der Waals surface area contributed by atoms with Crippen LogP contribution in [0.4, 0.5) is 5.69 Å². The number of benzene rings is 2. The molecule has 4 rings (SSSR count). The van der Waals surface area contributed by atoms with Gasteiger partial charge in [0.05, 0.1) is 11.2 Å². The predicted molar refractivity (Wildman–Crippen MR) is 115 cm³/mol. The van der Waals surface area contributed by atoms with Crippen molar-refractivity contribution in [1.82, 2.24) is 19.4 Å². The van der Waals surface area contributed by atoms with Crippen LogP contribution in [-0.2, 0) is 11.3 Å². The zero-order valence-corrected chi connectivity index (χ0v) is 16.3. The summed E-state index contributed by atoms with van der Waals surface area (Å²) >= 11 is 0. The van der Waals surface area contributed by atoms with Crippen LogP contribution in [0.5, 0.6) is 0 Å². The van der Waals surface area contributed by atoms with Gasteiger partial charge in [0.15, 0.2) is 0 Å². The number of carbonyl (C=O) groups excluding carboxylic acids is 1. The second-order valence-corrected chi connectivity index (χ2v) is 6.83. The van der Waals surface area contributed by atoms with Gasteiger partial charge in [-0.05, 0) is 31.3 Å². The Kier molecular flexibility index (Phi) is 5.12. The summed E-state index contributed by atoms with van der Waals surface area (Å²) in [7, 11) is 0. The van der Waals surface area contributed by atoms with E-state index in [9.17, 15) is 4.79 Å². The minimum absolute atomic E-state index is 0.683. The van der Waals surface area contributed by atoms with Crippen molar-refractivity contribution in [2.45, 2.75) is 20.4 Å². The number of aromatic amines is 1. The molecule has 2 aromatic carbocycles. The van der Waals surface area contributed by atoms with Crippen molar-refractivity contribution in [1.29, 1.82) is 0 Å². The summed E-state index contributed by atoms with van der Waals surface area (Å²) < 4.78 is 2.31. The lowest BCUT2D eigenvalue weighted by Gasteiger charge is -2.18. The molecule has 0 aliphatic rings. The number of aromatic nitrogens is 3. The molecule has 0 bridgehead atoms. The Morgan fingerprint density at radius 3 is 2.75 bits per heavy atom. The van der Waals surface area contributed by atoms with Crippen LogP contribution in [0.3, 0.4) is 0 Å². The third-order valence-electron chi connectivity index (χ3n) is 5.32. The fourth-order valence-corrected chi connectivity index (χ4v) is 3.75. The first kappa shape index (κ1) is 18.3. The molecule has 0 atom stereocenters. The molecule has 2 heterocycles. The van der Waals surface area contributed by atoms with E-state index in [4.69, 9.17) is 4.98 Å². The molecule has 0 saturated heterocycles. The minimum atomic E-state index is 0.683. The van der Waals surface area contributed by atoms with Gasteiger partial charge in [0.1, 0.15) is 11.3 Å². The molecule has 0 spiro atoms. The first-order valence-electron chi connectivity index (χ1n) is 9.74. The second-order valence-electron chi connectivity index (χ2n) is 6.83. The summed E-state index contributed by atoms with van der Waals surface area (Å²) in [5, 5.41) is 3.90. The van der Waals surface area contributed by atoms with Crippen molar-refractivity contribution >= 4 is 34.0 Å². The number of para-hydroxylation sites is 2. The maximum Gasteiger partial charge on any atom is 0.211 e. The lowest BCUT2D eigenvalue weighted by molar-refractivity contribution is -0.105. The zero-order valence-electron chi connectivity index (χ0n) is 16.3. The summed E-state index contributed by atoms with van der Waals surface area (Å²) in [5.74, 6) is 0.813. The van der Waals surface area contributed by atoms with E-state index in [-0.39, 0.29) is 0 Å². The molecule has 0 radical (unpaired) electrons. The van der Waals surface area contributed by atoms with E-state index in [0.29, 0.717) is 12.1 Å². The smallest absolute Gasteiger partial charge is 0.211 e. The lowest BCUT2D eigenvalue weighted by atomic mass is 10.2. The van der Waals surface area contributed by atoms with E-state index in [0.717, 1.165) is 48.6 Å². The Balaban J connectivity index is 1.78. The first-order chi connectivity index (χ1) is 13.7. The van der Waals surface area contributed by atoms with Crippen molar-refractivity contribution in [3.8, 4) is 11.4 Å². The van der Waals surface area contributed by atoms with Gasteiger partial charge in [0.2, 0.25) is 6.41 Å². The van der Waals surface area contributed by atoms with Crippen LogP contribution in [0.15, 0.2) is 48.7 Å². The van der Waals surface area contributed by atoms with Crippen LogP contribution in [-0.4, -0.2) is 45.5 Å². The maximum absolute atomic E-state index is 10.9. The molecule has 0 unspecified atom stereocenters. The summed E-state index contributed by atoms with van der Waals surface area (Å²) in [6.45, 7) is 8.44. The third kappa shape index (κ3) is 3.27. The number of anilines is 1. The number of imidazole rings is 1. The number of rotatable bonds is 8. The monoisotopic (exact) mass is 375 g/mol. The number of nitrogens with one attached hydrogen (secondary N) is 2. The van der Waals surface area contributed by atoms with E-state index in [1.165, 1.54) is 10.9 Å². The summed E-state index contributed by atoms with van der Waals surface area (Å²) in [6.07, 6.45) is 2.86. The Morgan fingerprint density at radius 2 is 1.96 bits per heavy atom. The maximum atomic E-state index is 10.9. The predicted octanol–water partition coefficient (Wildman–Crippen LogP) is 4.09. The Labute approximate surface area is 164 Å². The average molecular weight is 375 g/mol. The van der Waals surface area contributed by atoms with Gasteiger partial charge >= 0.3 is 0 Å². The highest BCUT2D eigenvalue weighted by atomic mass is 16.1. The van der Waals surface area contributed by atoms with E-state index in [2.05, 4.69) is 64.1 Å². The molecule has 6 heteroatoms. The summed E-state index contributed by atoms with van der Waals surface area (Å²) in [6, 6.07) is 14.2. The highest BCUT2D eigenvalue weighted by Crippen LogP contribution is 2.31. The highest BCUT2D eigenvalue weighted by Gasteiger charge is 2.15. The molecule has 1 amide bonds. The van der Waals surface area contributed by atoms with Crippen LogP contribution >= 0.6 is 0 Å². The van der Waals surface area contributed by atoms with E-state index in [1.54, 1.807) is 0 Å². The van der Waals surface area contributed by atoms with Gasteiger partial charge in [0, 0.05) is 35.8 Å². The number of fused-ring (bicyclic) bond motifs is 2. The topological polar surface area (TPSA) is 66.0 Å². The molecule has 0 aliphatic carbocycles. The molecular weight excluding hydrogens is 350 g/mol. The SMILES string of the molecule is CCN(CC)CCn1cc(-c2nc3c(NC=O)cccc3[nH]2)c2ccccc21. The van der Waals surface area contributed by atoms with Crippen molar-refractivity contribution < 1.29 is 4.79 Å². The number of H-pyrrole nitrogens is 1. The van der Waals surface area contributed by atoms with Gasteiger partial charge in [-0.25, -0.2) is 4.98 Å². The number of hydrogen-bond donors (Lipinski definition) is 2. The Hall–Kier alpha value is -3.12. The molecule has 4 aromatic rings. The van der Waals surface area contributed by atoms with Gasteiger partial charge in [-0.3, -0.25) is 4.79 Å². The quantitative estimate of drug-likeness (QED) is 0.456. The highest BCUT2D eigenvalue weighted by molar-refractivity contribution is 5.99. The molecule has 0 fully saturated rings. The minimum Gasteiger partial charge on any atom is -0.345 e. The molecular formula is C22H25N5O. The van der Waals surface area contributed by atoms with Gasteiger partial charge in [-0.2, -0.15) is 0 Å². The summed E-state index contributed by atoms with van der Waals surface area (Å²) in [4.78, 5) is 21.5. The summed E-state index contributed by atoms with van der Waals surface area (Å²) in [5.41, 5.74) is 4.66. The van der Waals surface area contributed by atoms with Crippen LogP contribution < -0.4 is 5.32 Å². The number of hydrogen-bond acceptors (Lipinski definition) is 3. The Morgan fingerprint density at radius 1 is 1.14 bits per heavy atom. The normalized spacial score (nSPS) is 11.5. The van der Waals surface area contributed by atoms with E-state index in [1.807, 2.05) is 18.2 Å². The largest absolute Gasteiger partial charge is 0.345 e. The van der Waals surface area contributed by atoms with Gasteiger partial charge in [-0.15, -0.1) is 0 Å². The number of carbonyl (C=O) groups is 1. The van der Waals surface area contributed by atoms with Crippen molar-refractivity contribution in [2.24, 2.45) is 0 Å². The van der Waals surface area contributed by atoms with Crippen LogP contribution in [0.1, 0.15) is 13.8 Å². The van der Waals surface area contributed by atoms with Crippen LogP contribution in [0.25, 0.3) is 33.3 Å². The molecule has 2 N–H and O–H groups in total. The molecule has 144 valence electrons. The van der Waals surface area contributed by atoms with Crippen molar-refractivity contribution in [3.05, 3.63) is 48.7 Å². The molecule has 28 heavy (non-hydrogen) atoms. The van der Waals surface area contributed by atoms with Gasteiger partial charge < -0.3 is 19.8 Å². The van der Waals surface area contributed by atoms with E-state index >= 15 is 0 Å².